The summed E-state index contributed by atoms with van der Waals surface area (Å²) in [6, 6.07) is 1.58. The summed E-state index contributed by atoms with van der Waals surface area (Å²) in [6.45, 7) is 4.95. The molecule has 1 heterocycles. The summed E-state index contributed by atoms with van der Waals surface area (Å²) < 4.78 is 26.8. The third-order valence-electron chi connectivity index (χ3n) is 2.39. The third-order valence-corrected chi connectivity index (χ3v) is 4.69. The molecule has 1 aromatic heterocycles. The fourth-order valence-corrected chi connectivity index (χ4v) is 3.41. The summed E-state index contributed by atoms with van der Waals surface area (Å²) in [5, 5.41) is 2.97. The first-order valence-electron chi connectivity index (χ1n) is 5.79. The molecule has 18 heavy (non-hydrogen) atoms. The van der Waals surface area contributed by atoms with E-state index in [1.165, 1.54) is 4.31 Å². The number of anilines is 1. The molecule has 1 rings (SSSR count). The molecule has 0 saturated carbocycles. The number of hydrogen-bond acceptors (Lipinski definition) is 4. The molecule has 0 aliphatic carbocycles. The maximum absolute atomic E-state index is 12.4. The highest BCUT2D eigenvalue weighted by Crippen LogP contribution is 2.25. The van der Waals surface area contributed by atoms with Crippen LogP contribution in [0.15, 0.2) is 21.6 Å². The molecule has 0 amide bonds. The van der Waals surface area contributed by atoms with Crippen LogP contribution in [0, 0.1) is 0 Å². The van der Waals surface area contributed by atoms with Crippen LogP contribution in [0.3, 0.4) is 0 Å². The van der Waals surface area contributed by atoms with E-state index in [2.05, 4.69) is 26.2 Å². The van der Waals surface area contributed by atoms with Crippen molar-refractivity contribution in [3.8, 4) is 0 Å². The van der Waals surface area contributed by atoms with Gasteiger partial charge in [0, 0.05) is 30.8 Å². The van der Waals surface area contributed by atoms with Crippen molar-refractivity contribution in [1.82, 2.24) is 9.29 Å². The van der Waals surface area contributed by atoms with Crippen LogP contribution in [0.25, 0.3) is 0 Å². The van der Waals surface area contributed by atoms with Crippen LogP contribution < -0.4 is 5.32 Å². The third kappa shape index (κ3) is 3.43. The predicted molar refractivity (Wildman–Crippen MR) is 76.2 cm³/mol. The lowest BCUT2D eigenvalue weighted by atomic mass is 10.4. The van der Waals surface area contributed by atoms with E-state index in [1.807, 2.05) is 13.8 Å². The first-order chi connectivity index (χ1) is 8.43. The minimum atomic E-state index is -3.50. The van der Waals surface area contributed by atoms with E-state index in [1.54, 1.807) is 19.3 Å². The van der Waals surface area contributed by atoms with Gasteiger partial charge >= 0.3 is 0 Å². The van der Waals surface area contributed by atoms with Crippen LogP contribution in [0.5, 0.6) is 0 Å². The number of nitrogens with one attached hydrogen (secondary N) is 1. The lowest BCUT2D eigenvalue weighted by molar-refractivity contribution is 0.468. The first kappa shape index (κ1) is 15.4. The Labute approximate surface area is 117 Å². The van der Waals surface area contributed by atoms with Gasteiger partial charge in [-0.1, -0.05) is 6.92 Å². The van der Waals surface area contributed by atoms with Gasteiger partial charge in [-0.25, -0.2) is 17.7 Å². The molecule has 0 atom stereocenters. The number of hydrogen-bond donors (Lipinski definition) is 1. The van der Waals surface area contributed by atoms with Crippen LogP contribution in [0.4, 0.5) is 5.82 Å². The van der Waals surface area contributed by atoms with Crippen LogP contribution in [0.1, 0.15) is 20.3 Å². The molecule has 0 unspecified atom stereocenters. The molecular weight excluding hydrogens is 318 g/mol. The largest absolute Gasteiger partial charge is 0.369 e. The quantitative estimate of drug-likeness (QED) is 0.866. The smallest absolute Gasteiger partial charge is 0.246 e. The summed E-state index contributed by atoms with van der Waals surface area (Å²) in [5.74, 6) is 0.392. The molecule has 5 nitrogen and oxygen atoms in total. The van der Waals surface area contributed by atoms with Gasteiger partial charge < -0.3 is 5.32 Å². The van der Waals surface area contributed by atoms with Crippen LogP contribution in [-0.4, -0.2) is 37.8 Å². The fraction of sp³-hybridized carbons (Fsp3) is 0.545. The minimum Gasteiger partial charge on any atom is -0.369 e. The van der Waals surface area contributed by atoms with Crippen molar-refractivity contribution < 1.29 is 8.42 Å². The highest BCUT2D eigenvalue weighted by atomic mass is 79.9. The SMILES string of the molecule is CCCN(C)S(=O)(=O)c1cc(Br)cnc1NCC. The van der Waals surface area contributed by atoms with E-state index in [4.69, 9.17) is 0 Å². The topological polar surface area (TPSA) is 62.3 Å². The Hall–Kier alpha value is -0.660. The van der Waals surface area contributed by atoms with Crippen LogP contribution in [0.2, 0.25) is 0 Å². The second-order valence-corrected chi connectivity index (χ2v) is 6.79. The van der Waals surface area contributed by atoms with Gasteiger partial charge in [-0.15, -0.1) is 0 Å². The average Bonchev–Trinajstić information content (AvgIpc) is 2.32. The molecule has 0 fully saturated rings. The van der Waals surface area contributed by atoms with Crippen molar-refractivity contribution in [1.29, 1.82) is 0 Å². The fourth-order valence-electron chi connectivity index (χ4n) is 1.52. The molecular formula is C11H18BrN3O2S. The van der Waals surface area contributed by atoms with Gasteiger partial charge in [0.15, 0.2) is 0 Å². The summed E-state index contributed by atoms with van der Waals surface area (Å²) in [4.78, 5) is 4.32. The van der Waals surface area contributed by atoms with Crippen molar-refractivity contribution in [2.75, 3.05) is 25.5 Å². The van der Waals surface area contributed by atoms with Gasteiger partial charge in [0.2, 0.25) is 10.0 Å². The van der Waals surface area contributed by atoms with E-state index in [9.17, 15) is 8.42 Å². The lowest BCUT2D eigenvalue weighted by Crippen LogP contribution is -2.28. The van der Waals surface area contributed by atoms with E-state index in [0.717, 1.165) is 6.42 Å². The molecule has 0 aromatic carbocycles. The molecule has 0 aliphatic heterocycles. The number of rotatable bonds is 6. The second-order valence-electron chi connectivity index (χ2n) is 3.86. The number of sulfonamides is 1. The zero-order valence-corrected chi connectivity index (χ0v) is 13.2. The first-order valence-corrected chi connectivity index (χ1v) is 8.02. The molecule has 1 N–H and O–H groups in total. The monoisotopic (exact) mass is 335 g/mol. The minimum absolute atomic E-state index is 0.203. The highest BCUT2D eigenvalue weighted by molar-refractivity contribution is 9.10. The van der Waals surface area contributed by atoms with Crippen LogP contribution >= 0.6 is 15.9 Å². The number of halogens is 1. The Kier molecular flexibility index (Phi) is 5.55. The molecule has 1 aromatic rings. The number of pyridine rings is 1. The standard InChI is InChI=1S/C11H18BrN3O2S/c1-4-6-15(3)18(16,17)10-7-9(12)8-14-11(10)13-5-2/h7-8H,4-6H2,1-3H3,(H,13,14). The molecule has 0 bridgehead atoms. The van der Waals surface area contributed by atoms with Crippen molar-refractivity contribution in [3.63, 3.8) is 0 Å². The molecule has 0 aliphatic rings. The van der Waals surface area contributed by atoms with E-state index >= 15 is 0 Å². The molecule has 0 saturated heterocycles. The van der Waals surface area contributed by atoms with Gasteiger partial charge in [-0.3, -0.25) is 0 Å². The average molecular weight is 336 g/mol. The predicted octanol–water partition coefficient (Wildman–Crippen LogP) is 2.31. The summed E-state index contributed by atoms with van der Waals surface area (Å²) in [7, 11) is -1.92. The summed E-state index contributed by atoms with van der Waals surface area (Å²) in [5.41, 5.74) is 0. The van der Waals surface area contributed by atoms with Crippen molar-refractivity contribution >= 4 is 31.8 Å². The van der Waals surface area contributed by atoms with Crippen molar-refractivity contribution in [2.45, 2.75) is 25.2 Å². The van der Waals surface area contributed by atoms with E-state index < -0.39 is 10.0 Å². The normalized spacial score (nSPS) is 11.8. The van der Waals surface area contributed by atoms with Gasteiger partial charge in [0.25, 0.3) is 0 Å². The van der Waals surface area contributed by atoms with Gasteiger partial charge in [-0.2, -0.15) is 0 Å². The molecule has 0 radical (unpaired) electrons. The maximum atomic E-state index is 12.4. The Morgan fingerprint density at radius 1 is 1.44 bits per heavy atom. The molecule has 0 spiro atoms. The summed E-state index contributed by atoms with van der Waals surface area (Å²) in [6.07, 6.45) is 2.35. The lowest BCUT2D eigenvalue weighted by Gasteiger charge is -2.18. The van der Waals surface area contributed by atoms with E-state index in [-0.39, 0.29) is 4.90 Å². The highest BCUT2D eigenvalue weighted by Gasteiger charge is 2.24. The molecule has 102 valence electrons. The van der Waals surface area contributed by atoms with Crippen molar-refractivity contribution in [3.05, 3.63) is 16.7 Å². The summed E-state index contributed by atoms with van der Waals surface area (Å²) >= 11 is 3.25. The Morgan fingerprint density at radius 2 is 2.11 bits per heavy atom. The van der Waals surface area contributed by atoms with Crippen molar-refractivity contribution in [2.24, 2.45) is 0 Å². The zero-order valence-electron chi connectivity index (χ0n) is 10.8. The Bertz CT molecular complexity index is 505. The second kappa shape index (κ2) is 6.49. The van der Waals surface area contributed by atoms with E-state index in [0.29, 0.717) is 23.4 Å². The number of nitrogens with zero attached hydrogens (tertiary/aromatic N) is 2. The maximum Gasteiger partial charge on any atom is 0.246 e. The number of aromatic nitrogens is 1. The Balaban J connectivity index is 3.25. The Morgan fingerprint density at radius 3 is 2.67 bits per heavy atom. The van der Waals surface area contributed by atoms with Gasteiger partial charge in [0.1, 0.15) is 10.7 Å². The van der Waals surface area contributed by atoms with Gasteiger partial charge in [-0.05, 0) is 35.3 Å². The van der Waals surface area contributed by atoms with Gasteiger partial charge in [0.05, 0.1) is 0 Å². The van der Waals surface area contributed by atoms with Crippen LogP contribution in [-0.2, 0) is 10.0 Å². The molecule has 7 heteroatoms. The zero-order chi connectivity index (χ0) is 13.8.